The number of carbonyl (C=O) groups is 1. The fourth-order valence-electron chi connectivity index (χ4n) is 0.814. The molecule has 0 bridgehead atoms. The Morgan fingerprint density at radius 2 is 2.13 bits per heavy atom. The van der Waals surface area contributed by atoms with E-state index in [1.807, 2.05) is 6.26 Å². The molecule has 0 fully saturated rings. The topological polar surface area (TPSA) is 50.7 Å². The number of hydrogen-bond acceptors (Lipinski definition) is 4. The van der Waals surface area contributed by atoms with Crippen LogP contribution in [0.5, 0.6) is 0 Å². The van der Waals surface area contributed by atoms with Crippen molar-refractivity contribution >= 4 is 22.9 Å². The molecule has 0 aromatic rings. The summed E-state index contributed by atoms with van der Waals surface area (Å²) in [4.78, 5) is 15.5. The van der Waals surface area contributed by atoms with Gasteiger partial charge in [-0.2, -0.15) is 0 Å². The van der Waals surface area contributed by atoms with Crippen LogP contribution in [0.1, 0.15) is 33.6 Å². The zero-order valence-electron chi connectivity index (χ0n) is 10.1. The molecule has 0 unspecified atom stereocenters. The summed E-state index contributed by atoms with van der Waals surface area (Å²) in [6.07, 6.45) is 3.28. The van der Waals surface area contributed by atoms with Crippen molar-refractivity contribution in [2.45, 2.75) is 33.6 Å². The van der Waals surface area contributed by atoms with Crippen molar-refractivity contribution in [1.82, 2.24) is 5.32 Å². The van der Waals surface area contributed by atoms with Gasteiger partial charge in [-0.15, -0.1) is 11.8 Å². The second kappa shape index (κ2) is 6.71. The van der Waals surface area contributed by atoms with Crippen LogP contribution in [0.3, 0.4) is 0 Å². The Labute approximate surface area is 95.8 Å². The minimum absolute atomic E-state index is 0.188. The molecular weight excluding hydrogens is 212 g/mol. The molecule has 0 radical (unpaired) electrons. The van der Waals surface area contributed by atoms with Crippen LogP contribution in [0, 0.1) is 5.41 Å². The van der Waals surface area contributed by atoms with E-state index in [1.54, 1.807) is 0 Å². The smallest absolute Gasteiger partial charge is 0.323 e. The molecule has 0 atom stereocenters. The van der Waals surface area contributed by atoms with E-state index in [0.29, 0.717) is 0 Å². The fraction of sp³-hybridized carbons (Fsp3) is 0.800. The first-order chi connectivity index (χ1) is 6.95. The predicted molar refractivity (Wildman–Crippen MR) is 65.2 cm³/mol. The Kier molecular flexibility index (Phi) is 6.40. The molecule has 88 valence electrons. The number of oxime groups is 1. The first kappa shape index (κ1) is 14.3. The van der Waals surface area contributed by atoms with Gasteiger partial charge in [0.15, 0.2) is 0 Å². The molecule has 15 heavy (non-hydrogen) atoms. The van der Waals surface area contributed by atoms with Crippen LogP contribution in [-0.2, 0) is 4.84 Å². The van der Waals surface area contributed by atoms with Gasteiger partial charge in [0.05, 0.1) is 0 Å². The van der Waals surface area contributed by atoms with E-state index in [9.17, 15) is 4.79 Å². The molecule has 0 aliphatic carbocycles. The van der Waals surface area contributed by atoms with Crippen LogP contribution in [0.15, 0.2) is 5.16 Å². The summed E-state index contributed by atoms with van der Waals surface area (Å²) in [7, 11) is 1.51. The maximum Gasteiger partial charge on any atom is 0.433 e. The third-order valence-electron chi connectivity index (χ3n) is 2.26. The SMILES string of the molecule is CCC(C)(C)CC(=NOC(=O)NC)SC. The lowest BCUT2D eigenvalue weighted by Crippen LogP contribution is -2.19. The van der Waals surface area contributed by atoms with Crippen molar-refractivity contribution < 1.29 is 9.63 Å². The lowest BCUT2D eigenvalue weighted by molar-refractivity contribution is 0.153. The second-order valence-electron chi connectivity index (χ2n) is 4.01. The van der Waals surface area contributed by atoms with E-state index < -0.39 is 6.09 Å². The Morgan fingerprint density at radius 3 is 2.53 bits per heavy atom. The van der Waals surface area contributed by atoms with Gasteiger partial charge in [0.25, 0.3) is 0 Å². The van der Waals surface area contributed by atoms with E-state index in [0.717, 1.165) is 17.9 Å². The second-order valence-corrected chi connectivity index (χ2v) is 4.89. The van der Waals surface area contributed by atoms with Crippen molar-refractivity contribution in [2.75, 3.05) is 13.3 Å². The molecule has 1 N–H and O–H groups in total. The van der Waals surface area contributed by atoms with Gasteiger partial charge in [-0.1, -0.05) is 32.3 Å². The summed E-state index contributed by atoms with van der Waals surface area (Å²) in [6, 6.07) is 0. The monoisotopic (exact) mass is 232 g/mol. The normalized spacial score (nSPS) is 12.5. The highest BCUT2D eigenvalue weighted by molar-refractivity contribution is 8.13. The molecule has 0 rings (SSSR count). The van der Waals surface area contributed by atoms with Gasteiger partial charge in [-0.3, -0.25) is 4.84 Å². The van der Waals surface area contributed by atoms with Gasteiger partial charge in [0.1, 0.15) is 5.04 Å². The molecule has 0 aliphatic rings. The molecule has 1 amide bonds. The maximum absolute atomic E-state index is 10.8. The van der Waals surface area contributed by atoms with E-state index >= 15 is 0 Å². The van der Waals surface area contributed by atoms with E-state index in [2.05, 4.69) is 36.1 Å². The quantitative estimate of drug-likeness (QED) is 0.351. The first-order valence-corrected chi connectivity index (χ1v) is 6.17. The number of hydrogen-bond donors (Lipinski definition) is 1. The lowest BCUT2D eigenvalue weighted by Gasteiger charge is -2.22. The molecule has 0 aromatic carbocycles. The van der Waals surface area contributed by atoms with Gasteiger partial charge < -0.3 is 5.32 Å². The number of nitrogens with one attached hydrogen (secondary N) is 1. The van der Waals surface area contributed by atoms with Crippen LogP contribution < -0.4 is 5.32 Å². The molecule has 0 saturated heterocycles. The summed E-state index contributed by atoms with van der Waals surface area (Å²) in [5, 5.41) is 7.00. The molecule has 0 saturated carbocycles. The van der Waals surface area contributed by atoms with Gasteiger partial charge >= 0.3 is 6.09 Å². The predicted octanol–water partition coefficient (Wildman–Crippen LogP) is 2.85. The zero-order chi connectivity index (χ0) is 11.9. The van der Waals surface area contributed by atoms with Crippen molar-refractivity contribution in [3.8, 4) is 0 Å². The standard InChI is InChI=1S/C10H20N2O2S/c1-6-10(2,3)7-8(15-5)12-14-9(13)11-4/h6-7H2,1-5H3,(H,11,13). The molecule has 4 nitrogen and oxygen atoms in total. The largest absolute Gasteiger partial charge is 0.433 e. The minimum atomic E-state index is -0.532. The Hall–Kier alpha value is -0.710. The Balaban J connectivity index is 4.30. The van der Waals surface area contributed by atoms with Crippen molar-refractivity contribution in [1.29, 1.82) is 0 Å². The Bertz CT molecular complexity index is 240. The number of carbonyl (C=O) groups excluding carboxylic acids is 1. The molecule has 0 aromatic heterocycles. The van der Waals surface area contributed by atoms with Gasteiger partial charge in [-0.05, 0) is 11.7 Å². The maximum atomic E-state index is 10.8. The summed E-state index contributed by atoms with van der Waals surface area (Å²) >= 11 is 1.51. The van der Waals surface area contributed by atoms with Crippen LogP contribution >= 0.6 is 11.8 Å². The van der Waals surface area contributed by atoms with Crippen LogP contribution in [0.2, 0.25) is 0 Å². The van der Waals surface area contributed by atoms with Crippen LogP contribution in [0.4, 0.5) is 4.79 Å². The summed E-state index contributed by atoms with van der Waals surface area (Å²) in [5.74, 6) is 0. The van der Waals surface area contributed by atoms with Gasteiger partial charge in [0, 0.05) is 13.5 Å². The number of amides is 1. The zero-order valence-corrected chi connectivity index (χ0v) is 10.9. The average molecular weight is 232 g/mol. The average Bonchev–Trinajstić information content (AvgIpc) is 2.23. The highest BCUT2D eigenvalue weighted by Gasteiger charge is 2.18. The van der Waals surface area contributed by atoms with Crippen molar-refractivity contribution in [2.24, 2.45) is 10.6 Å². The van der Waals surface area contributed by atoms with Gasteiger partial charge in [0.2, 0.25) is 0 Å². The highest BCUT2D eigenvalue weighted by atomic mass is 32.2. The van der Waals surface area contributed by atoms with Gasteiger partial charge in [-0.25, -0.2) is 4.79 Å². The Morgan fingerprint density at radius 1 is 1.53 bits per heavy atom. The summed E-state index contributed by atoms with van der Waals surface area (Å²) in [5.41, 5.74) is 0.188. The summed E-state index contributed by atoms with van der Waals surface area (Å²) in [6.45, 7) is 6.47. The molecule has 0 spiro atoms. The van der Waals surface area contributed by atoms with Crippen molar-refractivity contribution in [3.63, 3.8) is 0 Å². The summed E-state index contributed by atoms with van der Waals surface area (Å²) < 4.78 is 0. The van der Waals surface area contributed by atoms with Crippen LogP contribution in [0.25, 0.3) is 0 Å². The highest BCUT2D eigenvalue weighted by Crippen LogP contribution is 2.27. The molecule has 5 heteroatoms. The van der Waals surface area contributed by atoms with Crippen LogP contribution in [-0.4, -0.2) is 24.4 Å². The minimum Gasteiger partial charge on any atom is -0.323 e. The van der Waals surface area contributed by atoms with E-state index in [-0.39, 0.29) is 5.41 Å². The third-order valence-corrected chi connectivity index (χ3v) is 2.95. The van der Waals surface area contributed by atoms with E-state index in [4.69, 9.17) is 0 Å². The fourth-order valence-corrected chi connectivity index (χ4v) is 1.46. The first-order valence-electron chi connectivity index (χ1n) is 4.94. The molecular formula is C10H20N2O2S. The number of nitrogens with zero attached hydrogens (tertiary/aromatic N) is 1. The number of thioether (sulfide) groups is 1. The van der Waals surface area contributed by atoms with Crippen molar-refractivity contribution in [3.05, 3.63) is 0 Å². The molecule has 0 heterocycles. The number of rotatable bonds is 4. The van der Waals surface area contributed by atoms with E-state index in [1.165, 1.54) is 18.8 Å². The lowest BCUT2D eigenvalue weighted by atomic mass is 9.87. The third kappa shape index (κ3) is 6.38. The molecule has 0 aliphatic heterocycles.